The average Bonchev–Trinajstić information content (AvgIpc) is 3.08. The molecular formula is C20H24N6. The highest BCUT2D eigenvalue weighted by atomic mass is 15.3. The second kappa shape index (κ2) is 7.66. The van der Waals surface area contributed by atoms with E-state index in [4.69, 9.17) is 4.98 Å². The van der Waals surface area contributed by atoms with Crippen LogP contribution in [0.2, 0.25) is 0 Å². The highest BCUT2D eigenvalue weighted by Gasteiger charge is 2.19. The van der Waals surface area contributed by atoms with Gasteiger partial charge in [-0.1, -0.05) is 30.3 Å². The van der Waals surface area contributed by atoms with Crippen molar-refractivity contribution in [1.82, 2.24) is 24.4 Å². The molecule has 0 unspecified atom stereocenters. The Labute approximate surface area is 154 Å². The van der Waals surface area contributed by atoms with Crippen molar-refractivity contribution in [3.05, 3.63) is 72.2 Å². The quantitative estimate of drug-likeness (QED) is 0.707. The van der Waals surface area contributed by atoms with Gasteiger partial charge in [0.15, 0.2) is 0 Å². The zero-order valence-electron chi connectivity index (χ0n) is 15.1. The number of anilines is 1. The Bertz CT molecular complexity index is 836. The summed E-state index contributed by atoms with van der Waals surface area (Å²) in [5, 5.41) is 0. The first kappa shape index (κ1) is 16.7. The van der Waals surface area contributed by atoms with Gasteiger partial charge in [0.1, 0.15) is 17.5 Å². The molecule has 1 saturated heterocycles. The Balaban J connectivity index is 1.37. The zero-order valence-corrected chi connectivity index (χ0v) is 15.1. The van der Waals surface area contributed by atoms with Crippen molar-refractivity contribution in [1.29, 1.82) is 0 Å². The van der Waals surface area contributed by atoms with Crippen molar-refractivity contribution in [3.8, 4) is 0 Å². The van der Waals surface area contributed by atoms with Crippen LogP contribution in [0.5, 0.6) is 0 Å². The van der Waals surface area contributed by atoms with Gasteiger partial charge in [0.05, 0.1) is 6.54 Å². The summed E-state index contributed by atoms with van der Waals surface area (Å²) < 4.78 is 2.09. The average molecular weight is 348 g/mol. The summed E-state index contributed by atoms with van der Waals surface area (Å²) in [7, 11) is 2.05. The molecule has 1 aliphatic rings. The van der Waals surface area contributed by atoms with Crippen LogP contribution in [-0.4, -0.2) is 50.6 Å². The molecule has 0 aliphatic carbocycles. The Kier molecular flexibility index (Phi) is 4.93. The standard InChI is InChI=1S/C20H24N6/c1-24-10-9-22-20(24)16-25-11-13-26(14-12-25)19-7-8-21-18(23-19)15-17-5-3-2-4-6-17/h2-10H,11-16H2,1H3. The Morgan fingerprint density at radius 2 is 1.73 bits per heavy atom. The smallest absolute Gasteiger partial charge is 0.135 e. The first-order valence-electron chi connectivity index (χ1n) is 9.07. The number of piperazine rings is 1. The lowest BCUT2D eigenvalue weighted by Crippen LogP contribution is -2.46. The number of aromatic nitrogens is 4. The van der Waals surface area contributed by atoms with Crippen LogP contribution < -0.4 is 4.90 Å². The topological polar surface area (TPSA) is 50.1 Å². The predicted molar refractivity (Wildman–Crippen MR) is 102 cm³/mol. The van der Waals surface area contributed by atoms with Crippen molar-refractivity contribution < 1.29 is 0 Å². The molecule has 0 N–H and O–H groups in total. The molecule has 4 rings (SSSR count). The normalized spacial score (nSPS) is 15.3. The third-order valence-electron chi connectivity index (χ3n) is 4.88. The minimum atomic E-state index is 0.772. The Morgan fingerprint density at radius 1 is 0.923 bits per heavy atom. The number of hydrogen-bond donors (Lipinski definition) is 0. The largest absolute Gasteiger partial charge is 0.354 e. The molecule has 1 aromatic carbocycles. The first-order chi connectivity index (χ1) is 12.8. The van der Waals surface area contributed by atoms with E-state index in [2.05, 4.69) is 48.6 Å². The minimum Gasteiger partial charge on any atom is -0.354 e. The molecule has 0 spiro atoms. The summed E-state index contributed by atoms with van der Waals surface area (Å²) in [6, 6.07) is 12.4. The SMILES string of the molecule is Cn1ccnc1CN1CCN(c2ccnc(Cc3ccccc3)n2)CC1. The van der Waals surface area contributed by atoms with E-state index in [1.54, 1.807) is 0 Å². The lowest BCUT2D eigenvalue weighted by atomic mass is 10.1. The summed E-state index contributed by atoms with van der Waals surface area (Å²) in [4.78, 5) is 18.5. The number of imidazole rings is 1. The van der Waals surface area contributed by atoms with E-state index in [1.807, 2.05) is 37.8 Å². The van der Waals surface area contributed by atoms with Crippen LogP contribution in [0.3, 0.4) is 0 Å². The lowest BCUT2D eigenvalue weighted by molar-refractivity contribution is 0.241. The summed E-state index contributed by atoms with van der Waals surface area (Å²) in [5.74, 6) is 3.03. The van der Waals surface area contributed by atoms with E-state index >= 15 is 0 Å². The van der Waals surface area contributed by atoms with E-state index < -0.39 is 0 Å². The molecule has 6 nitrogen and oxygen atoms in total. The molecule has 0 saturated carbocycles. The fourth-order valence-electron chi connectivity index (χ4n) is 3.31. The molecule has 6 heteroatoms. The molecule has 26 heavy (non-hydrogen) atoms. The number of aryl methyl sites for hydroxylation is 1. The number of nitrogens with zero attached hydrogens (tertiary/aromatic N) is 6. The third-order valence-corrected chi connectivity index (χ3v) is 4.88. The molecule has 0 radical (unpaired) electrons. The fraction of sp³-hybridized carbons (Fsp3) is 0.350. The van der Waals surface area contributed by atoms with Crippen LogP contribution in [0.25, 0.3) is 0 Å². The second-order valence-corrected chi connectivity index (χ2v) is 6.71. The molecular weight excluding hydrogens is 324 g/mol. The Hall–Kier alpha value is -2.73. The molecule has 0 atom stereocenters. The van der Waals surface area contributed by atoms with Gasteiger partial charge in [0, 0.05) is 58.2 Å². The van der Waals surface area contributed by atoms with Gasteiger partial charge in [-0.25, -0.2) is 15.0 Å². The van der Waals surface area contributed by atoms with E-state index in [0.717, 1.165) is 56.6 Å². The van der Waals surface area contributed by atoms with Gasteiger partial charge in [-0.2, -0.15) is 0 Å². The maximum Gasteiger partial charge on any atom is 0.135 e. The molecule has 0 amide bonds. The highest BCUT2D eigenvalue weighted by molar-refractivity contribution is 5.38. The predicted octanol–water partition coefficient (Wildman–Crippen LogP) is 2.12. The zero-order chi connectivity index (χ0) is 17.8. The van der Waals surface area contributed by atoms with Crippen LogP contribution in [0.4, 0.5) is 5.82 Å². The van der Waals surface area contributed by atoms with Crippen LogP contribution in [0, 0.1) is 0 Å². The second-order valence-electron chi connectivity index (χ2n) is 6.71. The molecule has 134 valence electrons. The number of benzene rings is 1. The third kappa shape index (κ3) is 3.91. The van der Waals surface area contributed by atoms with Gasteiger partial charge in [-0.05, 0) is 11.6 Å². The summed E-state index contributed by atoms with van der Waals surface area (Å²) in [5.41, 5.74) is 1.24. The van der Waals surface area contributed by atoms with Crippen molar-refractivity contribution in [2.45, 2.75) is 13.0 Å². The van der Waals surface area contributed by atoms with E-state index in [-0.39, 0.29) is 0 Å². The van der Waals surface area contributed by atoms with Gasteiger partial charge in [-0.15, -0.1) is 0 Å². The van der Waals surface area contributed by atoms with Crippen LogP contribution in [0.15, 0.2) is 55.0 Å². The monoisotopic (exact) mass is 348 g/mol. The molecule has 3 heterocycles. The van der Waals surface area contributed by atoms with Gasteiger partial charge in [0.25, 0.3) is 0 Å². The molecule has 2 aromatic heterocycles. The van der Waals surface area contributed by atoms with Gasteiger partial charge in [-0.3, -0.25) is 4.90 Å². The van der Waals surface area contributed by atoms with Crippen molar-refractivity contribution in [3.63, 3.8) is 0 Å². The van der Waals surface area contributed by atoms with Crippen LogP contribution >= 0.6 is 0 Å². The van der Waals surface area contributed by atoms with Crippen molar-refractivity contribution >= 4 is 5.82 Å². The molecule has 3 aromatic rings. The molecule has 1 fully saturated rings. The lowest BCUT2D eigenvalue weighted by Gasteiger charge is -2.35. The van der Waals surface area contributed by atoms with Gasteiger partial charge in [0.2, 0.25) is 0 Å². The summed E-state index contributed by atoms with van der Waals surface area (Å²) in [6.07, 6.45) is 6.51. The summed E-state index contributed by atoms with van der Waals surface area (Å²) in [6.45, 7) is 4.90. The van der Waals surface area contributed by atoms with Crippen LogP contribution in [-0.2, 0) is 20.0 Å². The number of hydrogen-bond acceptors (Lipinski definition) is 5. The van der Waals surface area contributed by atoms with E-state index in [0.29, 0.717) is 0 Å². The summed E-state index contributed by atoms with van der Waals surface area (Å²) >= 11 is 0. The van der Waals surface area contributed by atoms with E-state index in [9.17, 15) is 0 Å². The maximum atomic E-state index is 4.79. The Morgan fingerprint density at radius 3 is 2.46 bits per heavy atom. The molecule has 1 aliphatic heterocycles. The highest BCUT2D eigenvalue weighted by Crippen LogP contribution is 2.15. The minimum absolute atomic E-state index is 0.772. The number of rotatable bonds is 5. The van der Waals surface area contributed by atoms with Gasteiger partial charge < -0.3 is 9.47 Å². The van der Waals surface area contributed by atoms with Gasteiger partial charge >= 0.3 is 0 Å². The molecule has 0 bridgehead atoms. The van der Waals surface area contributed by atoms with E-state index in [1.165, 1.54) is 5.56 Å². The fourth-order valence-corrected chi connectivity index (χ4v) is 3.31. The maximum absolute atomic E-state index is 4.79. The van der Waals surface area contributed by atoms with Crippen LogP contribution in [0.1, 0.15) is 17.2 Å². The van der Waals surface area contributed by atoms with Crippen molar-refractivity contribution in [2.24, 2.45) is 7.05 Å². The van der Waals surface area contributed by atoms with Crippen molar-refractivity contribution in [2.75, 3.05) is 31.1 Å². The first-order valence-corrected chi connectivity index (χ1v) is 9.07.